The molecule has 2 aromatic rings. The summed E-state index contributed by atoms with van der Waals surface area (Å²) in [6.07, 6.45) is -0.837. The topological polar surface area (TPSA) is 53.2 Å². The molecular formula is C16H13F2NO2. The lowest BCUT2D eigenvalue weighted by molar-refractivity contribution is 0.189. The van der Waals surface area contributed by atoms with Gasteiger partial charge in [-0.05, 0) is 37.3 Å². The van der Waals surface area contributed by atoms with E-state index in [2.05, 4.69) is 0 Å². The molecule has 0 unspecified atom stereocenters. The van der Waals surface area contributed by atoms with Crippen LogP contribution in [0.5, 0.6) is 5.75 Å². The van der Waals surface area contributed by atoms with Crippen LogP contribution in [0, 0.1) is 23.0 Å². The average Bonchev–Trinajstić information content (AvgIpc) is 2.46. The van der Waals surface area contributed by atoms with Crippen LogP contribution in [0.2, 0.25) is 0 Å². The second-order valence-corrected chi connectivity index (χ2v) is 4.56. The highest BCUT2D eigenvalue weighted by Crippen LogP contribution is 2.27. The molecule has 0 aliphatic rings. The SMILES string of the molecule is C[C@H](O)c1ccc(F)cc1OCc1cc(C#N)ccc1F. The molecule has 1 atom stereocenters. The molecule has 0 aliphatic carbocycles. The molecule has 0 amide bonds. The highest BCUT2D eigenvalue weighted by atomic mass is 19.1. The first kappa shape index (κ1) is 14.9. The Morgan fingerprint density at radius 3 is 2.67 bits per heavy atom. The number of aliphatic hydroxyl groups is 1. The van der Waals surface area contributed by atoms with Crippen LogP contribution in [0.15, 0.2) is 36.4 Å². The van der Waals surface area contributed by atoms with Crippen molar-refractivity contribution in [2.75, 3.05) is 0 Å². The Morgan fingerprint density at radius 2 is 2.00 bits per heavy atom. The molecule has 3 nitrogen and oxygen atoms in total. The van der Waals surface area contributed by atoms with Gasteiger partial charge in [0.25, 0.3) is 0 Å². The van der Waals surface area contributed by atoms with Crippen molar-refractivity contribution in [3.63, 3.8) is 0 Å². The van der Waals surface area contributed by atoms with Gasteiger partial charge in [-0.15, -0.1) is 0 Å². The van der Waals surface area contributed by atoms with Gasteiger partial charge in [0.1, 0.15) is 24.0 Å². The van der Waals surface area contributed by atoms with Crippen molar-refractivity contribution < 1.29 is 18.6 Å². The second-order valence-electron chi connectivity index (χ2n) is 4.56. The minimum absolute atomic E-state index is 0.145. The molecule has 0 aromatic heterocycles. The van der Waals surface area contributed by atoms with Crippen molar-refractivity contribution in [3.8, 4) is 11.8 Å². The third-order valence-electron chi connectivity index (χ3n) is 2.98. The standard InChI is InChI=1S/C16H13F2NO2/c1-10(20)14-4-3-13(17)7-16(14)21-9-12-6-11(8-19)2-5-15(12)18/h2-7,10,20H,9H2,1H3/t10-/m0/s1. The second kappa shape index (κ2) is 6.33. The van der Waals surface area contributed by atoms with Crippen LogP contribution in [-0.4, -0.2) is 5.11 Å². The van der Waals surface area contributed by atoms with Gasteiger partial charge >= 0.3 is 0 Å². The zero-order valence-electron chi connectivity index (χ0n) is 11.3. The fourth-order valence-electron chi connectivity index (χ4n) is 1.89. The summed E-state index contributed by atoms with van der Waals surface area (Å²) in [6.45, 7) is 1.36. The first-order valence-corrected chi connectivity index (χ1v) is 6.30. The lowest BCUT2D eigenvalue weighted by Crippen LogP contribution is -2.03. The summed E-state index contributed by atoms with van der Waals surface area (Å²) in [7, 11) is 0. The highest BCUT2D eigenvalue weighted by molar-refractivity contribution is 5.37. The Kier molecular flexibility index (Phi) is 4.51. The fraction of sp³-hybridized carbons (Fsp3) is 0.188. The van der Waals surface area contributed by atoms with Gasteiger partial charge in [0.05, 0.1) is 17.7 Å². The summed E-state index contributed by atoms with van der Waals surface area (Å²) >= 11 is 0. The highest BCUT2D eigenvalue weighted by Gasteiger charge is 2.12. The zero-order chi connectivity index (χ0) is 15.4. The summed E-state index contributed by atoms with van der Waals surface area (Å²) in [4.78, 5) is 0. The normalized spacial score (nSPS) is 11.8. The van der Waals surface area contributed by atoms with Gasteiger partial charge in [-0.3, -0.25) is 0 Å². The summed E-state index contributed by atoms with van der Waals surface area (Å²) in [5.74, 6) is -0.878. The van der Waals surface area contributed by atoms with Crippen LogP contribution in [0.1, 0.15) is 29.7 Å². The van der Waals surface area contributed by atoms with Gasteiger partial charge in [0.15, 0.2) is 0 Å². The largest absolute Gasteiger partial charge is 0.488 e. The number of rotatable bonds is 4. The molecule has 0 radical (unpaired) electrons. The number of ether oxygens (including phenoxy) is 1. The summed E-state index contributed by atoms with van der Waals surface area (Å²) < 4.78 is 32.3. The van der Waals surface area contributed by atoms with Crippen molar-refractivity contribution in [1.29, 1.82) is 5.26 Å². The molecule has 0 spiro atoms. The summed E-state index contributed by atoms with van der Waals surface area (Å²) in [5, 5.41) is 18.4. The zero-order valence-corrected chi connectivity index (χ0v) is 11.3. The van der Waals surface area contributed by atoms with Crippen LogP contribution < -0.4 is 4.74 Å². The molecule has 2 aromatic carbocycles. The molecule has 0 saturated heterocycles. The molecule has 0 heterocycles. The minimum atomic E-state index is -0.837. The molecule has 5 heteroatoms. The van der Waals surface area contributed by atoms with Gasteiger partial charge in [-0.25, -0.2) is 8.78 Å². The Morgan fingerprint density at radius 1 is 1.24 bits per heavy atom. The molecule has 1 N–H and O–H groups in total. The van der Waals surface area contributed by atoms with Crippen molar-refractivity contribution >= 4 is 0 Å². The molecular weight excluding hydrogens is 276 g/mol. The van der Waals surface area contributed by atoms with Gasteiger partial charge in [0, 0.05) is 17.2 Å². The monoisotopic (exact) mass is 289 g/mol. The number of benzene rings is 2. The van der Waals surface area contributed by atoms with E-state index in [9.17, 15) is 13.9 Å². The number of halogens is 2. The lowest BCUT2D eigenvalue weighted by Gasteiger charge is -2.14. The van der Waals surface area contributed by atoms with E-state index in [0.29, 0.717) is 11.1 Å². The van der Waals surface area contributed by atoms with E-state index in [0.717, 1.165) is 6.07 Å². The lowest BCUT2D eigenvalue weighted by atomic mass is 10.1. The van der Waals surface area contributed by atoms with Crippen molar-refractivity contribution in [2.24, 2.45) is 0 Å². The van der Waals surface area contributed by atoms with Crippen LogP contribution in [0.25, 0.3) is 0 Å². The molecule has 21 heavy (non-hydrogen) atoms. The summed E-state index contributed by atoms with van der Waals surface area (Å²) in [5.41, 5.74) is 0.910. The molecule has 0 saturated carbocycles. The number of aliphatic hydroxyl groups excluding tert-OH is 1. The third-order valence-corrected chi connectivity index (χ3v) is 2.98. The number of nitrogens with zero attached hydrogens (tertiary/aromatic N) is 1. The summed E-state index contributed by atoms with van der Waals surface area (Å²) in [6, 6.07) is 9.58. The van der Waals surface area contributed by atoms with Crippen LogP contribution in [0.3, 0.4) is 0 Å². The van der Waals surface area contributed by atoms with Crippen molar-refractivity contribution in [2.45, 2.75) is 19.6 Å². The van der Waals surface area contributed by atoms with Gasteiger partial charge in [-0.1, -0.05) is 0 Å². The third kappa shape index (κ3) is 3.56. The maximum Gasteiger partial charge on any atom is 0.129 e. The predicted octanol–water partition coefficient (Wildman–Crippen LogP) is 3.47. The molecule has 0 aliphatic heterocycles. The number of hydrogen-bond acceptors (Lipinski definition) is 3. The van der Waals surface area contributed by atoms with E-state index in [4.69, 9.17) is 10.00 Å². The van der Waals surface area contributed by atoms with E-state index in [1.807, 2.05) is 6.07 Å². The smallest absolute Gasteiger partial charge is 0.129 e. The fourth-order valence-corrected chi connectivity index (χ4v) is 1.89. The first-order valence-electron chi connectivity index (χ1n) is 6.30. The van der Waals surface area contributed by atoms with Gasteiger partial charge < -0.3 is 9.84 Å². The molecule has 0 fully saturated rings. The molecule has 2 rings (SSSR count). The molecule has 108 valence electrons. The van der Waals surface area contributed by atoms with E-state index < -0.39 is 17.7 Å². The van der Waals surface area contributed by atoms with Crippen molar-refractivity contribution in [1.82, 2.24) is 0 Å². The van der Waals surface area contributed by atoms with Crippen LogP contribution in [0.4, 0.5) is 8.78 Å². The van der Waals surface area contributed by atoms with Gasteiger partial charge in [0.2, 0.25) is 0 Å². The quantitative estimate of drug-likeness (QED) is 0.937. The van der Waals surface area contributed by atoms with Crippen molar-refractivity contribution in [3.05, 3.63) is 64.7 Å². The first-order chi connectivity index (χ1) is 10.0. The van der Waals surface area contributed by atoms with Crippen LogP contribution >= 0.6 is 0 Å². The maximum absolute atomic E-state index is 13.6. The Labute approximate surface area is 121 Å². The van der Waals surface area contributed by atoms with E-state index in [1.54, 1.807) is 0 Å². The number of nitriles is 1. The van der Waals surface area contributed by atoms with Crippen LogP contribution in [-0.2, 0) is 6.61 Å². The Bertz CT molecular complexity index is 693. The van der Waals surface area contributed by atoms with E-state index in [1.165, 1.54) is 37.3 Å². The average molecular weight is 289 g/mol. The van der Waals surface area contributed by atoms with E-state index in [-0.39, 0.29) is 17.9 Å². The molecule has 0 bridgehead atoms. The minimum Gasteiger partial charge on any atom is -0.488 e. The van der Waals surface area contributed by atoms with E-state index >= 15 is 0 Å². The number of hydrogen-bond donors (Lipinski definition) is 1. The maximum atomic E-state index is 13.6. The van der Waals surface area contributed by atoms with Gasteiger partial charge in [-0.2, -0.15) is 5.26 Å². The Hall–Kier alpha value is -2.45. The Balaban J connectivity index is 2.24. The predicted molar refractivity (Wildman–Crippen MR) is 72.5 cm³/mol.